The molecule has 0 radical (unpaired) electrons. The quantitative estimate of drug-likeness (QED) is 0.833. The minimum absolute atomic E-state index is 0.129. The smallest absolute Gasteiger partial charge is 0.310 e. The molecule has 2 aromatic rings. The van der Waals surface area contributed by atoms with Gasteiger partial charge in [0.2, 0.25) is 10.1 Å². The predicted molar refractivity (Wildman–Crippen MR) is 76.0 cm³/mol. The summed E-state index contributed by atoms with van der Waals surface area (Å²) in [6, 6.07) is 1.35. The molecule has 1 atom stereocenters. The summed E-state index contributed by atoms with van der Waals surface area (Å²) in [4.78, 5) is 27.7. The molecule has 0 aromatic carbocycles. The van der Waals surface area contributed by atoms with Crippen molar-refractivity contribution in [3.05, 3.63) is 22.6 Å². The zero-order valence-electron chi connectivity index (χ0n) is 11.5. The highest BCUT2D eigenvalue weighted by molar-refractivity contribution is 7.20. The zero-order valence-corrected chi connectivity index (χ0v) is 12.3. The van der Waals surface area contributed by atoms with Crippen LogP contribution in [0.4, 0.5) is 5.13 Å². The Labute approximate surface area is 119 Å². The van der Waals surface area contributed by atoms with Crippen LogP contribution in [-0.2, 0) is 9.53 Å². The van der Waals surface area contributed by atoms with E-state index in [1.807, 2.05) is 13.8 Å². The van der Waals surface area contributed by atoms with E-state index >= 15 is 0 Å². The first-order chi connectivity index (χ1) is 9.47. The summed E-state index contributed by atoms with van der Waals surface area (Å²) in [5, 5.41) is 7.67. The van der Waals surface area contributed by atoms with Crippen LogP contribution < -0.4 is 10.9 Å². The van der Waals surface area contributed by atoms with Crippen molar-refractivity contribution in [3.63, 3.8) is 0 Å². The van der Waals surface area contributed by atoms with Crippen LogP contribution in [0.5, 0.6) is 0 Å². The molecule has 2 aromatic heterocycles. The average molecular weight is 296 g/mol. The first-order valence-electron chi connectivity index (χ1n) is 6.26. The number of rotatable bonds is 5. The molecule has 0 saturated carbocycles. The monoisotopic (exact) mass is 296 g/mol. The Morgan fingerprint density at radius 2 is 2.25 bits per heavy atom. The number of esters is 1. The Morgan fingerprint density at radius 3 is 2.90 bits per heavy atom. The first-order valence-corrected chi connectivity index (χ1v) is 7.08. The number of carbonyl (C=O) groups excluding carboxylic acids is 1. The lowest BCUT2D eigenvalue weighted by atomic mass is 10.2. The number of hydrogen-bond acceptors (Lipinski definition) is 7. The molecule has 0 aliphatic heterocycles. The van der Waals surface area contributed by atoms with Gasteiger partial charge in [-0.15, -0.1) is 5.10 Å². The number of nitrogens with zero attached hydrogens (tertiary/aromatic N) is 3. The first kappa shape index (κ1) is 14.4. The summed E-state index contributed by atoms with van der Waals surface area (Å²) in [7, 11) is 0. The minimum atomic E-state index is -0.297. The molecule has 0 aliphatic carbocycles. The molecular formula is C12H16N4O3S. The number of aromatic nitrogens is 3. The van der Waals surface area contributed by atoms with Gasteiger partial charge in [0.05, 0.1) is 12.0 Å². The van der Waals surface area contributed by atoms with E-state index in [0.717, 1.165) is 0 Å². The highest BCUT2D eigenvalue weighted by Crippen LogP contribution is 2.16. The Bertz CT molecular complexity index is 664. The van der Waals surface area contributed by atoms with Gasteiger partial charge < -0.3 is 10.1 Å². The summed E-state index contributed by atoms with van der Waals surface area (Å²) in [5.74, 6) is -0.557. The van der Waals surface area contributed by atoms with E-state index in [0.29, 0.717) is 16.6 Å². The molecule has 0 aliphatic rings. The standard InChI is InChI=1S/C12H16N4O3S/c1-7(2)19-10(18)8(3)6-14-11-15-16-9(17)4-5-13-12(16)20-11/h4-5,7-8H,6H2,1-3H3,(H,14,15). The van der Waals surface area contributed by atoms with Gasteiger partial charge in [-0.1, -0.05) is 18.3 Å². The number of ether oxygens (including phenoxy) is 1. The maximum Gasteiger partial charge on any atom is 0.310 e. The second-order valence-corrected chi connectivity index (χ2v) is 5.61. The van der Waals surface area contributed by atoms with E-state index in [1.165, 1.54) is 28.1 Å². The van der Waals surface area contributed by atoms with Crippen molar-refractivity contribution in [2.75, 3.05) is 11.9 Å². The third-order valence-corrected chi connectivity index (χ3v) is 3.36. The van der Waals surface area contributed by atoms with E-state index in [4.69, 9.17) is 4.74 Å². The van der Waals surface area contributed by atoms with Crippen LogP contribution in [0.2, 0.25) is 0 Å². The Morgan fingerprint density at radius 1 is 1.50 bits per heavy atom. The summed E-state index contributed by atoms with van der Waals surface area (Å²) >= 11 is 1.26. The van der Waals surface area contributed by atoms with Crippen molar-refractivity contribution in [2.24, 2.45) is 5.92 Å². The fourth-order valence-corrected chi connectivity index (χ4v) is 2.27. The van der Waals surface area contributed by atoms with Crippen molar-refractivity contribution in [1.29, 1.82) is 0 Å². The summed E-state index contributed by atoms with van der Waals surface area (Å²) in [6.07, 6.45) is 1.32. The maximum atomic E-state index is 11.7. The average Bonchev–Trinajstić information content (AvgIpc) is 2.79. The Kier molecular flexibility index (Phi) is 4.33. The van der Waals surface area contributed by atoms with Crippen molar-refractivity contribution in [2.45, 2.75) is 26.9 Å². The van der Waals surface area contributed by atoms with Crippen LogP contribution in [0.15, 0.2) is 17.1 Å². The topological polar surface area (TPSA) is 85.6 Å². The lowest BCUT2D eigenvalue weighted by molar-refractivity contribution is -0.151. The van der Waals surface area contributed by atoms with E-state index in [-0.39, 0.29) is 23.6 Å². The summed E-state index contributed by atoms with van der Waals surface area (Å²) in [5.41, 5.74) is -0.230. The van der Waals surface area contributed by atoms with E-state index < -0.39 is 0 Å². The van der Waals surface area contributed by atoms with Gasteiger partial charge in [-0.2, -0.15) is 4.52 Å². The molecule has 0 spiro atoms. The second-order valence-electron chi connectivity index (χ2n) is 4.65. The molecule has 2 rings (SSSR count). The van der Waals surface area contributed by atoms with Crippen molar-refractivity contribution >= 4 is 27.4 Å². The number of hydrogen-bond donors (Lipinski definition) is 1. The molecular weight excluding hydrogens is 280 g/mol. The van der Waals surface area contributed by atoms with Gasteiger partial charge in [0.25, 0.3) is 5.56 Å². The Hall–Kier alpha value is -1.96. The minimum Gasteiger partial charge on any atom is -0.463 e. The fourth-order valence-electron chi connectivity index (χ4n) is 1.49. The predicted octanol–water partition coefficient (Wildman–Crippen LogP) is 1.15. The second kappa shape index (κ2) is 6.00. The van der Waals surface area contributed by atoms with Crippen LogP contribution in [0.25, 0.3) is 4.96 Å². The van der Waals surface area contributed by atoms with Gasteiger partial charge in [0.1, 0.15) is 0 Å². The molecule has 0 fully saturated rings. The molecule has 1 N–H and O–H groups in total. The SMILES string of the molecule is CC(C)OC(=O)C(C)CNc1nn2c(=O)ccnc2s1. The van der Waals surface area contributed by atoms with Gasteiger partial charge in [0, 0.05) is 18.8 Å². The van der Waals surface area contributed by atoms with Gasteiger partial charge in [-0.3, -0.25) is 9.59 Å². The highest BCUT2D eigenvalue weighted by atomic mass is 32.1. The molecule has 8 heteroatoms. The number of fused-ring (bicyclic) bond motifs is 1. The van der Waals surface area contributed by atoms with E-state index in [9.17, 15) is 9.59 Å². The summed E-state index contributed by atoms with van der Waals surface area (Å²) in [6.45, 7) is 5.78. The summed E-state index contributed by atoms with van der Waals surface area (Å²) < 4.78 is 6.34. The lowest BCUT2D eigenvalue weighted by Gasteiger charge is -2.13. The highest BCUT2D eigenvalue weighted by Gasteiger charge is 2.16. The zero-order chi connectivity index (χ0) is 14.7. The molecule has 1 unspecified atom stereocenters. The largest absolute Gasteiger partial charge is 0.463 e. The maximum absolute atomic E-state index is 11.7. The third kappa shape index (κ3) is 3.32. The van der Waals surface area contributed by atoms with Crippen LogP contribution in [0, 0.1) is 5.92 Å². The van der Waals surface area contributed by atoms with Crippen molar-refractivity contribution < 1.29 is 9.53 Å². The molecule has 0 bridgehead atoms. The Balaban J connectivity index is 2.01. The van der Waals surface area contributed by atoms with Gasteiger partial charge >= 0.3 is 5.97 Å². The fraction of sp³-hybridized carbons (Fsp3) is 0.500. The lowest BCUT2D eigenvalue weighted by Crippen LogP contribution is -2.25. The van der Waals surface area contributed by atoms with Gasteiger partial charge in [-0.05, 0) is 13.8 Å². The van der Waals surface area contributed by atoms with Crippen LogP contribution in [-0.4, -0.2) is 33.2 Å². The molecule has 2 heterocycles. The number of anilines is 1. The number of nitrogens with one attached hydrogen (secondary N) is 1. The van der Waals surface area contributed by atoms with Crippen molar-refractivity contribution in [3.8, 4) is 0 Å². The van der Waals surface area contributed by atoms with Crippen LogP contribution in [0.1, 0.15) is 20.8 Å². The van der Waals surface area contributed by atoms with Gasteiger partial charge in [0.15, 0.2) is 0 Å². The third-order valence-electron chi connectivity index (χ3n) is 2.48. The van der Waals surface area contributed by atoms with Crippen LogP contribution in [0.3, 0.4) is 0 Å². The van der Waals surface area contributed by atoms with E-state index in [2.05, 4.69) is 15.4 Å². The van der Waals surface area contributed by atoms with Crippen LogP contribution >= 0.6 is 11.3 Å². The molecule has 7 nitrogen and oxygen atoms in total. The molecule has 108 valence electrons. The molecule has 0 saturated heterocycles. The van der Waals surface area contributed by atoms with Crippen molar-refractivity contribution in [1.82, 2.24) is 14.6 Å². The normalized spacial score (nSPS) is 12.6. The van der Waals surface area contributed by atoms with Gasteiger partial charge in [-0.25, -0.2) is 4.98 Å². The molecule has 0 amide bonds. The number of carbonyl (C=O) groups is 1. The van der Waals surface area contributed by atoms with E-state index in [1.54, 1.807) is 6.92 Å². The molecule has 20 heavy (non-hydrogen) atoms.